The molecule has 1 unspecified atom stereocenters. The Bertz CT molecular complexity index is 439. The standard InChI is InChI=1S/C16H29N3O/c1-6-14-13(10-17-16(3,4)5)15(7-2)19(18-14)12-8-9-20-11-12/h12,17H,6-11H2,1-5H3. The van der Waals surface area contributed by atoms with Gasteiger partial charge in [-0.25, -0.2) is 0 Å². The molecule has 0 bridgehead atoms. The number of nitrogens with one attached hydrogen (secondary N) is 1. The van der Waals surface area contributed by atoms with Gasteiger partial charge in [-0.15, -0.1) is 0 Å². The summed E-state index contributed by atoms with van der Waals surface area (Å²) < 4.78 is 7.77. The molecule has 0 amide bonds. The summed E-state index contributed by atoms with van der Waals surface area (Å²) in [6, 6.07) is 0.429. The van der Waals surface area contributed by atoms with Gasteiger partial charge in [0.05, 0.1) is 18.3 Å². The maximum Gasteiger partial charge on any atom is 0.0777 e. The first-order valence-corrected chi connectivity index (χ1v) is 7.88. The third kappa shape index (κ3) is 3.41. The zero-order valence-corrected chi connectivity index (χ0v) is 13.6. The van der Waals surface area contributed by atoms with Crippen molar-refractivity contribution in [2.24, 2.45) is 0 Å². The molecule has 0 spiro atoms. The van der Waals surface area contributed by atoms with Crippen molar-refractivity contribution < 1.29 is 4.74 Å². The molecule has 0 saturated carbocycles. The van der Waals surface area contributed by atoms with Crippen molar-refractivity contribution in [3.8, 4) is 0 Å². The molecule has 1 saturated heterocycles. The second kappa shape index (κ2) is 6.27. The van der Waals surface area contributed by atoms with E-state index in [2.05, 4.69) is 44.6 Å². The second-order valence-electron chi connectivity index (χ2n) is 6.64. The number of ether oxygens (including phenoxy) is 1. The van der Waals surface area contributed by atoms with Crippen LogP contribution in [0.5, 0.6) is 0 Å². The molecule has 114 valence electrons. The molecule has 2 rings (SSSR count). The van der Waals surface area contributed by atoms with E-state index in [0.717, 1.165) is 39.0 Å². The molecule has 1 aliphatic rings. The van der Waals surface area contributed by atoms with E-state index < -0.39 is 0 Å². The lowest BCUT2D eigenvalue weighted by Crippen LogP contribution is -2.35. The van der Waals surface area contributed by atoms with Crippen LogP contribution in [0.4, 0.5) is 0 Å². The van der Waals surface area contributed by atoms with Crippen molar-refractivity contribution in [1.82, 2.24) is 15.1 Å². The first kappa shape index (κ1) is 15.5. The van der Waals surface area contributed by atoms with Crippen molar-refractivity contribution in [3.63, 3.8) is 0 Å². The van der Waals surface area contributed by atoms with E-state index in [4.69, 9.17) is 9.84 Å². The topological polar surface area (TPSA) is 39.1 Å². The fraction of sp³-hybridized carbons (Fsp3) is 0.812. The van der Waals surface area contributed by atoms with Gasteiger partial charge in [-0.2, -0.15) is 5.10 Å². The summed E-state index contributed by atoms with van der Waals surface area (Å²) in [6.07, 6.45) is 3.11. The summed E-state index contributed by atoms with van der Waals surface area (Å²) in [7, 11) is 0. The Balaban J connectivity index is 2.28. The van der Waals surface area contributed by atoms with Gasteiger partial charge in [0.1, 0.15) is 0 Å². The predicted octanol–water partition coefficient (Wildman–Crippen LogP) is 2.86. The van der Waals surface area contributed by atoms with Crippen LogP contribution in [0.25, 0.3) is 0 Å². The van der Waals surface area contributed by atoms with Crippen LogP contribution in [0.3, 0.4) is 0 Å². The molecule has 0 aliphatic carbocycles. The summed E-state index contributed by atoms with van der Waals surface area (Å²) >= 11 is 0. The van der Waals surface area contributed by atoms with Gasteiger partial charge in [0.15, 0.2) is 0 Å². The number of aryl methyl sites for hydroxylation is 1. The molecular weight excluding hydrogens is 250 g/mol. The normalized spacial score (nSPS) is 19.8. The van der Waals surface area contributed by atoms with Crippen LogP contribution < -0.4 is 5.32 Å². The van der Waals surface area contributed by atoms with Gasteiger partial charge in [-0.05, 0) is 40.0 Å². The molecule has 1 aromatic heterocycles. The molecule has 2 heterocycles. The Morgan fingerprint density at radius 3 is 2.55 bits per heavy atom. The van der Waals surface area contributed by atoms with Crippen molar-refractivity contribution >= 4 is 0 Å². The van der Waals surface area contributed by atoms with E-state index in [0.29, 0.717) is 6.04 Å². The van der Waals surface area contributed by atoms with E-state index in [1.54, 1.807) is 0 Å². The minimum absolute atomic E-state index is 0.134. The fourth-order valence-electron chi connectivity index (χ4n) is 2.79. The molecular formula is C16H29N3O. The second-order valence-corrected chi connectivity index (χ2v) is 6.64. The Kier molecular flexibility index (Phi) is 4.86. The highest BCUT2D eigenvalue weighted by atomic mass is 16.5. The highest BCUT2D eigenvalue weighted by Gasteiger charge is 2.25. The zero-order chi connectivity index (χ0) is 14.8. The molecule has 1 fully saturated rings. The highest BCUT2D eigenvalue weighted by molar-refractivity contribution is 5.27. The predicted molar refractivity (Wildman–Crippen MR) is 82.0 cm³/mol. The van der Waals surface area contributed by atoms with Crippen LogP contribution >= 0.6 is 0 Å². The summed E-state index contributed by atoms with van der Waals surface area (Å²) in [4.78, 5) is 0. The van der Waals surface area contributed by atoms with Gasteiger partial charge in [0.2, 0.25) is 0 Å². The average Bonchev–Trinajstić information content (AvgIpc) is 3.01. The smallest absolute Gasteiger partial charge is 0.0777 e. The molecule has 0 radical (unpaired) electrons. The Labute approximate surface area is 122 Å². The lowest BCUT2D eigenvalue weighted by atomic mass is 10.1. The van der Waals surface area contributed by atoms with Crippen LogP contribution in [-0.2, 0) is 24.1 Å². The van der Waals surface area contributed by atoms with Gasteiger partial charge in [0.25, 0.3) is 0 Å². The monoisotopic (exact) mass is 279 g/mol. The lowest BCUT2D eigenvalue weighted by molar-refractivity contribution is 0.184. The number of nitrogens with zero attached hydrogens (tertiary/aromatic N) is 2. The Morgan fingerprint density at radius 1 is 1.30 bits per heavy atom. The van der Waals surface area contributed by atoms with Crippen LogP contribution in [-0.4, -0.2) is 28.5 Å². The Morgan fingerprint density at radius 2 is 2.05 bits per heavy atom. The van der Waals surface area contributed by atoms with Crippen molar-refractivity contribution in [3.05, 3.63) is 17.0 Å². The SMILES string of the molecule is CCc1nn(C2CCOC2)c(CC)c1CNC(C)(C)C. The van der Waals surface area contributed by atoms with Gasteiger partial charge in [-0.1, -0.05) is 13.8 Å². The molecule has 1 aromatic rings. The molecule has 0 aromatic carbocycles. The minimum atomic E-state index is 0.134. The first-order valence-electron chi connectivity index (χ1n) is 7.88. The maximum absolute atomic E-state index is 5.53. The molecule has 4 nitrogen and oxygen atoms in total. The summed E-state index contributed by atoms with van der Waals surface area (Å²) in [5, 5.41) is 8.49. The van der Waals surface area contributed by atoms with Crippen LogP contribution in [0.2, 0.25) is 0 Å². The third-order valence-electron chi connectivity index (χ3n) is 3.92. The highest BCUT2D eigenvalue weighted by Crippen LogP contribution is 2.25. The maximum atomic E-state index is 5.53. The van der Waals surface area contributed by atoms with E-state index in [-0.39, 0.29) is 5.54 Å². The largest absolute Gasteiger partial charge is 0.379 e. The number of hydrogen-bond donors (Lipinski definition) is 1. The number of hydrogen-bond acceptors (Lipinski definition) is 3. The van der Waals surface area contributed by atoms with Crippen molar-refractivity contribution in [2.45, 2.75) is 72.0 Å². The summed E-state index contributed by atoms with van der Waals surface area (Å²) in [5.74, 6) is 0. The van der Waals surface area contributed by atoms with E-state index >= 15 is 0 Å². The van der Waals surface area contributed by atoms with Crippen LogP contribution in [0.15, 0.2) is 0 Å². The van der Waals surface area contributed by atoms with E-state index in [1.807, 2.05) is 0 Å². The molecule has 20 heavy (non-hydrogen) atoms. The van der Waals surface area contributed by atoms with Crippen LogP contribution in [0.1, 0.15) is 64.0 Å². The molecule has 1 N–H and O–H groups in total. The number of aromatic nitrogens is 2. The molecule has 1 aliphatic heterocycles. The number of rotatable bonds is 5. The quantitative estimate of drug-likeness (QED) is 0.901. The van der Waals surface area contributed by atoms with Gasteiger partial charge in [-0.3, -0.25) is 4.68 Å². The summed E-state index contributed by atoms with van der Waals surface area (Å²) in [5.41, 5.74) is 4.16. The lowest BCUT2D eigenvalue weighted by Gasteiger charge is -2.21. The zero-order valence-electron chi connectivity index (χ0n) is 13.6. The van der Waals surface area contributed by atoms with Crippen molar-refractivity contribution in [1.29, 1.82) is 0 Å². The van der Waals surface area contributed by atoms with Gasteiger partial charge in [0, 0.05) is 29.9 Å². The van der Waals surface area contributed by atoms with Gasteiger partial charge < -0.3 is 10.1 Å². The summed E-state index contributed by atoms with van der Waals surface area (Å²) in [6.45, 7) is 13.6. The minimum Gasteiger partial charge on any atom is -0.379 e. The average molecular weight is 279 g/mol. The van der Waals surface area contributed by atoms with Crippen LogP contribution in [0, 0.1) is 0 Å². The first-order chi connectivity index (χ1) is 9.46. The van der Waals surface area contributed by atoms with Crippen molar-refractivity contribution in [2.75, 3.05) is 13.2 Å². The Hall–Kier alpha value is -0.870. The third-order valence-corrected chi connectivity index (χ3v) is 3.92. The van der Waals surface area contributed by atoms with E-state index in [9.17, 15) is 0 Å². The van der Waals surface area contributed by atoms with E-state index in [1.165, 1.54) is 17.0 Å². The molecule has 1 atom stereocenters. The fourth-order valence-corrected chi connectivity index (χ4v) is 2.79. The van der Waals surface area contributed by atoms with Gasteiger partial charge >= 0.3 is 0 Å². The molecule has 4 heteroatoms.